The largest absolute Gasteiger partial charge is 0.381 e. The molecule has 1 unspecified atom stereocenters. The molecule has 2 fully saturated rings. The molecular formula is C16H22FNO. The summed E-state index contributed by atoms with van der Waals surface area (Å²) >= 11 is 0. The zero-order valence-electron chi connectivity index (χ0n) is 11.3. The molecule has 3 rings (SSSR count). The Kier molecular flexibility index (Phi) is 4.14. The number of benzene rings is 1. The van der Waals surface area contributed by atoms with E-state index in [-0.39, 0.29) is 5.82 Å². The van der Waals surface area contributed by atoms with Gasteiger partial charge in [0.2, 0.25) is 0 Å². The van der Waals surface area contributed by atoms with E-state index >= 15 is 0 Å². The Morgan fingerprint density at radius 3 is 2.42 bits per heavy atom. The van der Waals surface area contributed by atoms with Crippen molar-refractivity contribution in [2.24, 2.45) is 11.8 Å². The topological polar surface area (TPSA) is 21.3 Å². The molecule has 104 valence electrons. The van der Waals surface area contributed by atoms with Crippen LogP contribution in [0.2, 0.25) is 0 Å². The third-order valence-electron chi connectivity index (χ3n) is 4.29. The maximum atomic E-state index is 13.0. The van der Waals surface area contributed by atoms with Gasteiger partial charge in [0.05, 0.1) is 0 Å². The highest BCUT2D eigenvalue weighted by Crippen LogP contribution is 2.41. The zero-order chi connectivity index (χ0) is 13.1. The smallest absolute Gasteiger partial charge is 0.123 e. The molecule has 2 aliphatic rings. The monoisotopic (exact) mass is 263 g/mol. The Morgan fingerprint density at radius 2 is 1.79 bits per heavy atom. The lowest BCUT2D eigenvalue weighted by Crippen LogP contribution is -2.31. The van der Waals surface area contributed by atoms with Gasteiger partial charge in [0.1, 0.15) is 5.82 Å². The fourth-order valence-corrected chi connectivity index (χ4v) is 2.90. The summed E-state index contributed by atoms with van der Waals surface area (Å²) < 4.78 is 18.4. The third kappa shape index (κ3) is 3.54. The Labute approximate surface area is 114 Å². The minimum Gasteiger partial charge on any atom is -0.381 e. The standard InChI is InChI=1S/C16H22FNO/c17-15-5-3-14(4-6-15)16(13-1-2-13)18-11-12-7-9-19-10-8-12/h3-6,12-13,16,18H,1-2,7-11H2. The summed E-state index contributed by atoms with van der Waals surface area (Å²) in [5.41, 5.74) is 1.23. The van der Waals surface area contributed by atoms with E-state index in [2.05, 4.69) is 5.32 Å². The molecule has 0 spiro atoms. The van der Waals surface area contributed by atoms with E-state index in [9.17, 15) is 4.39 Å². The van der Waals surface area contributed by atoms with Crippen molar-refractivity contribution in [3.05, 3.63) is 35.6 Å². The molecule has 0 bridgehead atoms. The molecule has 19 heavy (non-hydrogen) atoms. The van der Waals surface area contributed by atoms with E-state index in [1.54, 1.807) is 12.1 Å². The van der Waals surface area contributed by atoms with Crippen molar-refractivity contribution in [2.75, 3.05) is 19.8 Å². The molecule has 1 aliphatic heterocycles. The minimum absolute atomic E-state index is 0.150. The SMILES string of the molecule is Fc1ccc(C(NCC2CCOCC2)C2CC2)cc1. The van der Waals surface area contributed by atoms with Crippen LogP contribution in [0.15, 0.2) is 24.3 Å². The van der Waals surface area contributed by atoms with Gasteiger partial charge in [-0.15, -0.1) is 0 Å². The first-order chi connectivity index (χ1) is 9.33. The molecule has 1 atom stereocenters. The van der Waals surface area contributed by atoms with Crippen molar-refractivity contribution < 1.29 is 9.13 Å². The van der Waals surface area contributed by atoms with Crippen LogP contribution in [0.3, 0.4) is 0 Å². The van der Waals surface area contributed by atoms with Crippen LogP contribution in [0.5, 0.6) is 0 Å². The second-order valence-corrected chi connectivity index (χ2v) is 5.83. The van der Waals surface area contributed by atoms with E-state index < -0.39 is 0 Å². The Bertz CT molecular complexity index is 396. The highest BCUT2D eigenvalue weighted by molar-refractivity contribution is 5.22. The van der Waals surface area contributed by atoms with Crippen LogP contribution < -0.4 is 5.32 Å². The Balaban J connectivity index is 1.59. The summed E-state index contributed by atoms with van der Waals surface area (Å²) in [4.78, 5) is 0. The van der Waals surface area contributed by atoms with E-state index in [4.69, 9.17) is 4.74 Å². The van der Waals surface area contributed by atoms with Gasteiger partial charge in [-0.05, 0) is 61.8 Å². The Hall–Kier alpha value is -0.930. The molecule has 1 N–H and O–H groups in total. The predicted octanol–water partition coefficient (Wildman–Crippen LogP) is 3.29. The fraction of sp³-hybridized carbons (Fsp3) is 0.625. The van der Waals surface area contributed by atoms with Crippen LogP contribution >= 0.6 is 0 Å². The first-order valence-corrected chi connectivity index (χ1v) is 7.39. The van der Waals surface area contributed by atoms with Gasteiger partial charge in [0, 0.05) is 19.3 Å². The van der Waals surface area contributed by atoms with Crippen LogP contribution in [-0.2, 0) is 4.74 Å². The first-order valence-electron chi connectivity index (χ1n) is 7.39. The molecular weight excluding hydrogens is 241 g/mol. The maximum absolute atomic E-state index is 13.0. The predicted molar refractivity (Wildman–Crippen MR) is 73.4 cm³/mol. The maximum Gasteiger partial charge on any atom is 0.123 e. The lowest BCUT2D eigenvalue weighted by molar-refractivity contribution is 0.0652. The van der Waals surface area contributed by atoms with Crippen LogP contribution in [0.25, 0.3) is 0 Å². The molecule has 0 amide bonds. The minimum atomic E-state index is -0.150. The van der Waals surface area contributed by atoms with E-state index in [0.29, 0.717) is 6.04 Å². The van der Waals surface area contributed by atoms with Crippen LogP contribution in [-0.4, -0.2) is 19.8 Å². The number of nitrogens with one attached hydrogen (secondary N) is 1. The number of hydrogen-bond acceptors (Lipinski definition) is 2. The molecule has 1 aliphatic carbocycles. The van der Waals surface area contributed by atoms with Crippen molar-refractivity contribution in [2.45, 2.75) is 31.7 Å². The number of halogens is 1. The zero-order valence-corrected chi connectivity index (χ0v) is 11.3. The summed E-state index contributed by atoms with van der Waals surface area (Å²) in [7, 11) is 0. The quantitative estimate of drug-likeness (QED) is 0.880. The van der Waals surface area contributed by atoms with E-state index in [1.165, 1.54) is 18.4 Å². The van der Waals surface area contributed by atoms with Crippen molar-refractivity contribution in [1.29, 1.82) is 0 Å². The summed E-state index contributed by atoms with van der Waals surface area (Å²) in [6.45, 7) is 2.86. The summed E-state index contributed by atoms with van der Waals surface area (Å²) in [6, 6.07) is 7.40. The van der Waals surface area contributed by atoms with Gasteiger partial charge in [0.15, 0.2) is 0 Å². The van der Waals surface area contributed by atoms with E-state index in [1.807, 2.05) is 12.1 Å². The molecule has 3 heteroatoms. The molecule has 0 aromatic heterocycles. The summed E-state index contributed by atoms with van der Waals surface area (Å²) in [6.07, 6.45) is 4.91. The Morgan fingerprint density at radius 1 is 1.11 bits per heavy atom. The highest BCUT2D eigenvalue weighted by Gasteiger charge is 2.32. The van der Waals surface area contributed by atoms with Crippen LogP contribution in [0, 0.1) is 17.7 Å². The average Bonchev–Trinajstić information content (AvgIpc) is 3.27. The van der Waals surface area contributed by atoms with Gasteiger partial charge in [-0.25, -0.2) is 4.39 Å². The first kappa shape index (κ1) is 13.1. The van der Waals surface area contributed by atoms with Gasteiger partial charge >= 0.3 is 0 Å². The van der Waals surface area contributed by atoms with Crippen molar-refractivity contribution in [3.63, 3.8) is 0 Å². The third-order valence-corrected chi connectivity index (χ3v) is 4.29. The van der Waals surface area contributed by atoms with Crippen molar-refractivity contribution in [1.82, 2.24) is 5.32 Å². The average molecular weight is 263 g/mol. The van der Waals surface area contributed by atoms with Gasteiger partial charge in [-0.1, -0.05) is 12.1 Å². The van der Waals surface area contributed by atoms with Gasteiger partial charge in [0.25, 0.3) is 0 Å². The number of ether oxygens (including phenoxy) is 1. The normalized spacial score (nSPS) is 22.4. The molecule has 1 aromatic carbocycles. The molecule has 1 aromatic rings. The van der Waals surface area contributed by atoms with Gasteiger partial charge < -0.3 is 10.1 Å². The van der Waals surface area contributed by atoms with Crippen LogP contribution in [0.1, 0.15) is 37.3 Å². The van der Waals surface area contributed by atoms with E-state index in [0.717, 1.165) is 44.4 Å². The summed E-state index contributed by atoms with van der Waals surface area (Å²) in [5, 5.41) is 3.71. The van der Waals surface area contributed by atoms with Crippen molar-refractivity contribution in [3.8, 4) is 0 Å². The lowest BCUT2D eigenvalue weighted by Gasteiger charge is -2.26. The van der Waals surface area contributed by atoms with Crippen LogP contribution in [0.4, 0.5) is 4.39 Å². The van der Waals surface area contributed by atoms with Gasteiger partial charge in [-0.2, -0.15) is 0 Å². The fourth-order valence-electron chi connectivity index (χ4n) is 2.90. The second-order valence-electron chi connectivity index (χ2n) is 5.83. The molecule has 1 heterocycles. The molecule has 1 saturated heterocycles. The highest BCUT2D eigenvalue weighted by atomic mass is 19.1. The molecule has 0 radical (unpaired) electrons. The van der Waals surface area contributed by atoms with Crippen molar-refractivity contribution >= 4 is 0 Å². The number of rotatable bonds is 5. The molecule has 2 nitrogen and oxygen atoms in total. The second kappa shape index (κ2) is 6.02. The molecule has 1 saturated carbocycles. The summed E-state index contributed by atoms with van der Waals surface area (Å²) in [5.74, 6) is 1.32. The lowest BCUT2D eigenvalue weighted by atomic mass is 9.97. The number of hydrogen-bond donors (Lipinski definition) is 1. The van der Waals surface area contributed by atoms with Gasteiger partial charge in [-0.3, -0.25) is 0 Å².